The molecule has 41 heavy (non-hydrogen) atoms. The lowest BCUT2D eigenvalue weighted by Gasteiger charge is -2.13. The molecule has 1 heterocycles. The summed E-state index contributed by atoms with van der Waals surface area (Å²) >= 11 is 9.32. The van der Waals surface area contributed by atoms with Gasteiger partial charge in [-0.1, -0.05) is 92.7 Å². The summed E-state index contributed by atoms with van der Waals surface area (Å²) in [5.74, 6) is 0.272. The highest BCUT2D eigenvalue weighted by Gasteiger charge is 2.33. The molecule has 0 radical (unpaired) electrons. The molecular formula is C33H44BrClN4O2. The Labute approximate surface area is 259 Å². The Morgan fingerprint density at radius 2 is 1.83 bits per heavy atom. The molecular weight excluding hydrogens is 600 g/mol. The van der Waals surface area contributed by atoms with Crippen LogP contribution in [-0.4, -0.2) is 34.6 Å². The van der Waals surface area contributed by atoms with Crippen LogP contribution in [0.15, 0.2) is 89.1 Å². The van der Waals surface area contributed by atoms with Crippen molar-refractivity contribution in [2.24, 2.45) is 0 Å². The van der Waals surface area contributed by atoms with Crippen molar-refractivity contribution in [3.63, 3.8) is 0 Å². The second-order valence-corrected chi connectivity index (χ2v) is 10.9. The molecule has 0 bridgehead atoms. The van der Waals surface area contributed by atoms with Crippen molar-refractivity contribution < 1.29 is 9.59 Å². The molecule has 0 aliphatic heterocycles. The van der Waals surface area contributed by atoms with Crippen molar-refractivity contribution in [1.29, 1.82) is 0 Å². The predicted molar refractivity (Wildman–Crippen MR) is 177 cm³/mol. The predicted octanol–water partition coefficient (Wildman–Crippen LogP) is 8.47. The molecule has 2 aromatic rings. The second-order valence-electron chi connectivity index (χ2n) is 9.62. The number of fused-ring (bicyclic) bond motifs is 1. The van der Waals surface area contributed by atoms with E-state index in [-0.39, 0.29) is 24.0 Å². The number of Topliss-reactive ketones (excluding diaryl/α,β-unsaturated/α-hetero) is 1. The quantitative estimate of drug-likeness (QED) is 0.190. The standard InChI is InChI=1S/C19H21BrN4O2.C9H15Cl.C5H8/c1-12-17(20)11-23-24(12)13(2)21-8-5-9-22-19(26)16-10-18(25)15-7-4-3-6-14(15)16;1-4-6-7-9(10)8(3)5-2;1-4-5(2)3/h3-4,6-7,11,16,21H,2,5,8-10H2,1H3,(H,22,26);6-7H,4-5H2,1-3H3;4H,1-2H2,3H3/b;7-6-,9-8+;. The van der Waals surface area contributed by atoms with Gasteiger partial charge < -0.3 is 10.6 Å². The molecule has 3 rings (SSSR count). The average Bonchev–Trinajstić information content (AvgIpc) is 3.49. The molecule has 1 amide bonds. The molecule has 0 saturated carbocycles. The number of hydrogen-bond donors (Lipinski definition) is 2. The highest BCUT2D eigenvalue weighted by atomic mass is 79.9. The minimum Gasteiger partial charge on any atom is -0.370 e. The third kappa shape index (κ3) is 12.1. The van der Waals surface area contributed by atoms with E-state index in [1.165, 1.54) is 5.57 Å². The molecule has 2 N–H and O–H groups in total. The van der Waals surface area contributed by atoms with Gasteiger partial charge in [-0.2, -0.15) is 5.10 Å². The first-order chi connectivity index (χ1) is 19.5. The van der Waals surface area contributed by atoms with Gasteiger partial charge in [0.2, 0.25) is 5.91 Å². The minimum absolute atomic E-state index is 0.0412. The van der Waals surface area contributed by atoms with Crippen LogP contribution >= 0.6 is 27.5 Å². The number of nitrogens with one attached hydrogen (secondary N) is 2. The Hall–Kier alpha value is -3.16. The first kappa shape index (κ1) is 35.9. The number of amides is 1. The average molecular weight is 644 g/mol. The number of aromatic nitrogens is 2. The summed E-state index contributed by atoms with van der Waals surface area (Å²) in [5, 5.41) is 11.2. The number of ketones is 1. The van der Waals surface area contributed by atoms with Crippen molar-refractivity contribution in [2.45, 2.75) is 66.2 Å². The highest BCUT2D eigenvalue weighted by molar-refractivity contribution is 9.10. The maximum absolute atomic E-state index is 12.4. The Balaban J connectivity index is 0.000000465. The van der Waals surface area contributed by atoms with Gasteiger partial charge in [0.1, 0.15) is 5.82 Å². The van der Waals surface area contributed by atoms with Crippen LogP contribution in [0.4, 0.5) is 0 Å². The van der Waals surface area contributed by atoms with Gasteiger partial charge in [-0.15, -0.1) is 0 Å². The van der Waals surface area contributed by atoms with Gasteiger partial charge in [0, 0.05) is 30.1 Å². The molecule has 1 aromatic heterocycles. The van der Waals surface area contributed by atoms with E-state index in [1.807, 2.05) is 38.1 Å². The highest BCUT2D eigenvalue weighted by Crippen LogP contribution is 2.32. The summed E-state index contributed by atoms with van der Waals surface area (Å²) in [6, 6.07) is 7.34. The summed E-state index contributed by atoms with van der Waals surface area (Å²) in [7, 11) is 0. The van der Waals surface area contributed by atoms with E-state index < -0.39 is 0 Å². The summed E-state index contributed by atoms with van der Waals surface area (Å²) in [5.41, 5.74) is 4.75. The maximum atomic E-state index is 12.4. The summed E-state index contributed by atoms with van der Waals surface area (Å²) < 4.78 is 2.66. The van der Waals surface area contributed by atoms with E-state index in [1.54, 1.807) is 23.0 Å². The normalized spacial score (nSPS) is 14.1. The van der Waals surface area contributed by atoms with Crippen LogP contribution < -0.4 is 10.6 Å². The third-order valence-electron chi connectivity index (χ3n) is 6.32. The fourth-order valence-electron chi connectivity index (χ4n) is 3.62. The fraction of sp³-hybridized carbons (Fsp3) is 0.364. The number of allylic oxidation sites excluding steroid dienone is 6. The zero-order valence-corrected chi connectivity index (χ0v) is 27.4. The van der Waals surface area contributed by atoms with Gasteiger partial charge in [-0.05, 0) is 67.6 Å². The maximum Gasteiger partial charge on any atom is 0.228 e. The van der Waals surface area contributed by atoms with Crippen LogP contribution in [0.2, 0.25) is 0 Å². The van der Waals surface area contributed by atoms with Gasteiger partial charge in [-0.25, -0.2) is 4.68 Å². The molecule has 1 aromatic carbocycles. The summed E-state index contributed by atoms with van der Waals surface area (Å²) in [6.07, 6.45) is 10.6. The van der Waals surface area contributed by atoms with Gasteiger partial charge in [0.15, 0.2) is 5.78 Å². The molecule has 1 atom stereocenters. The topological polar surface area (TPSA) is 76.0 Å². The van der Waals surface area contributed by atoms with E-state index in [4.69, 9.17) is 11.6 Å². The Morgan fingerprint density at radius 1 is 1.20 bits per heavy atom. The zero-order valence-electron chi connectivity index (χ0n) is 25.0. The Morgan fingerprint density at radius 3 is 2.39 bits per heavy atom. The molecule has 0 saturated heterocycles. The molecule has 1 aliphatic carbocycles. The minimum atomic E-state index is -0.370. The number of nitrogens with zero attached hydrogens (tertiary/aromatic N) is 2. The third-order valence-corrected chi connectivity index (χ3v) is 7.54. The number of halogens is 2. The first-order valence-electron chi connectivity index (χ1n) is 13.8. The van der Waals surface area contributed by atoms with Crippen LogP contribution in [0.5, 0.6) is 0 Å². The molecule has 0 spiro atoms. The monoisotopic (exact) mass is 642 g/mol. The first-order valence-corrected chi connectivity index (χ1v) is 15.0. The second kappa shape index (κ2) is 19.1. The van der Waals surface area contributed by atoms with Crippen LogP contribution in [0.1, 0.15) is 80.9 Å². The van der Waals surface area contributed by atoms with Gasteiger partial charge in [0.05, 0.1) is 22.3 Å². The summed E-state index contributed by atoms with van der Waals surface area (Å²) in [6.45, 7) is 22.3. The number of rotatable bonds is 11. The van der Waals surface area contributed by atoms with Gasteiger partial charge in [-0.3, -0.25) is 9.59 Å². The van der Waals surface area contributed by atoms with Crippen molar-refractivity contribution >= 4 is 45.0 Å². The van der Waals surface area contributed by atoms with Crippen molar-refractivity contribution in [1.82, 2.24) is 20.4 Å². The molecule has 0 fully saturated rings. The van der Waals surface area contributed by atoms with E-state index in [0.717, 1.165) is 45.6 Å². The van der Waals surface area contributed by atoms with E-state index in [2.05, 4.69) is 78.2 Å². The molecule has 8 heteroatoms. The van der Waals surface area contributed by atoms with E-state index in [0.29, 0.717) is 24.5 Å². The molecule has 1 aliphatic rings. The summed E-state index contributed by atoms with van der Waals surface area (Å²) in [4.78, 5) is 24.4. The van der Waals surface area contributed by atoms with Crippen molar-refractivity contribution in [3.05, 3.63) is 106 Å². The lowest BCUT2D eigenvalue weighted by Crippen LogP contribution is -2.31. The van der Waals surface area contributed by atoms with E-state index in [9.17, 15) is 9.59 Å². The molecule has 222 valence electrons. The fourth-order valence-corrected chi connectivity index (χ4v) is 4.10. The van der Waals surface area contributed by atoms with E-state index >= 15 is 0 Å². The molecule has 1 unspecified atom stereocenters. The van der Waals surface area contributed by atoms with Crippen molar-refractivity contribution in [2.75, 3.05) is 13.1 Å². The van der Waals surface area contributed by atoms with Gasteiger partial charge >= 0.3 is 0 Å². The number of benzene rings is 1. The largest absolute Gasteiger partial charge is 0.370 e. The van der Waals surface area contributed by atoms with Crippen LogP contribution in [-0.2, 0) is 4.79 Å². The Kier molecular flexibility index (Phi) is 16.7. The van der Waals surface area contributed by atoms with Crippen LogP contribution in [0, 0.1) is 6.92 Å². The number of carbonyl (C=O) groups is 2. The number of carbonyl (C=O) groups excluding carboxylic acids is 2. The molecule has 6 nitrogen and oxygen atoms in total. The SMILES string of the molecule is C=C(NCCCNC(=O)C1CC(=O)c2ccccc21)n1ncc(Br)c1C.C=CC(=C)C.CC/C=C\C(Cl)=C(\C)CC. The lowest BCUT2D eigenvalue weighted by atomic mass is 10.0. The van der Waals surface area contributed by atoms with Crippen LogP contribution in [0.25, 0.3) is 5.82 Å². The smallest absolute Gasteiger partial charge is 0.228 e. The van der Waals surface area contributed by atoms with Crippen molar-refractivity contribution in [3.8, 4) is 0 Å². The zero-order chi connectivity index (χ0) is 30.9. The van der Waals surface area contributed by atoms with Gasteiger partial charge in [0.25, 0.3) is 0 Å². The Bertz CT molecular complexity index is 1280. The lowest BCUT2D eigenvalue weighted by molar-refractivity contribution is -0.122. The van der Waals surface area contributed by atoms with Crippen LogP contribution in [0.3, 0.4) is 0 Å². The number of hydrogen-bond acceptors (Lipinski definition) is 4.